The van der Waals surface area contributed by atoms with Crippen LogP contribution in [-0.2, 0) is 13.6 Å². The van der Waals surface area contributed by atoms with Crippen molar-refractivity contribution < 1.29 is 14.3 Å². The number of benzene rings is 2. The highest BCUT2D eigenvalue weighted by molar-refractivity contribution is 7.99. The third kappa shape index (κ3) is 5.33. The summed E-state index contributed by atoms with van der Waals surface area (Å²) in [6.07, 6.45) is 0. The minimum atomic E-state index is -0.305. The van der Waals surface area contributed by atoms with Gasteiger partial charge in [0, 0.05) is 18.2 Å². The summed E-state index contributed by atoms with van der Waals surface area (Å²) in [5.41, 5.74) is 0.992. The van der Waals surface area contributed by atoms with E-state index in [9.17, 15) is 9.59 Å². The predicted octanol–water partition coefficient (Wildman–Crippen LogP) is 4.04. The van der Waals surface area contributed by atoms with Crippen molar-refractivity contribution in [2.75, 3.05) is 12.9 Å². The first-order valence-electron chi connectivity index (χ1n) is 8.80. The summed E-state index contributed by atoms with van der Waals surface area (Å²) in [7, 11) is 3.35. The number of ether oxygens (including phenoxy) is 1. The SMILES string of the molecule is COc1ccc(C(=O)CSc2nnc(CNC(=O)c3ccc(Cl)c(Cl)c3)n2C)cc1. The Morgan fingerprint density at radius 1 is 1.07 bits per heavy atom. The van der Waals surface area contributed by atoms with Gasteiger partial charge in [0.25, 0.3) is 5.91 Å². The summed E-state index contributed by atoms with van der Waals surface area (Å²) >= 11 is 13.1. The molecule has 0 spiro atoms. The largest absolute Gasteiger partial charge is 0.497 e. The summed E-state index contributed by atoms with van der Waals surface area (Å²) in [6.45, 7) is 0.176. The van der Waals surface area contributed by atoms with Crippen LogP contribution in [0.2, 0.25) is 10.0 Å². The van der Waals surface area contributed by atoms with Crippen molar-refractivity contribution >= 4 is 46.7 Å². The maximum Gasteiger partial charge on any atom is 0.251 e. The maximum atomic E-state index is 12.4. The number of carbonyl (C=O) groups excluding carboxylic acids is 2. The third-order valence-electron chi connectivity index (χ3n) is 4.26. The van der Waals surface area contributed by atoms with Crippen molar-refractivity contribution in [2.45, 2.75) is 11.7 Å². The van der Waals surface area contributed by atoms with Gasteiger partial charge in [-0.05, 0) is 42.5 Å². The molecule has 0 saturated heterocycles. The highest BCUT2D eigenvalue weighted by atomic mass is 35.5. The Hall–Kier alpha value is -2.55. The topological polar surface area (TPSA) is 86.1 Å². The number of halogens is 2. The standard InChI is InChI=1S/C20H18Cl2N4O3S/c1-26-18(10-23-19(28)13-5-8-15(21)16(22)9-13)24-25-20(26)30-11-17(27)12-3-6-14(29-2)7-4-12/h3-9H,10-11H2,1-2H3,(H,23,28). The van der Waals surface area contributed by atoms with Gasteiger partial charge in [0.05, 0.1) is 29.5 Å². The van der Waals surface area contributed by atoms with E-state index in [0.29, 0.717) is 37.9 Å². The van der Waals surface area contributed by atoms with Crippen molar-refractivity contribution in [1.82, 2.24) is 20.1 Å². The number of nitrogens with one attached hydrogen (secondary N) is 1. The summed E-state index contributed by atoms with van der Waals surface area (Å²) in [6, 6.07) is 11.6. The first-order chi connectivity index (χ1) is 14.4. The molecular weight excluding hydrogens is 447 g/mol. The van der Waals surface area contributed by atoms with Gasteiger partial charge in [-0.15, -0.1) is 10.2 Å². The second-order valence-electron chi connectivity index (χ2n) is 6.21. The van der Waals surface area contributed by atoms with Crippen LogP contribution in [0.3, 0.4) is 0 Å². The number of carbonyl (C=O) groups is 2. The van der Waals surface area contributed by atoms with Crippen molar-refractivity contribution in [1.29, 1.82) is 0 Å². The lowest BCUT2D eigenvalue weighted by atomic mass is 10.1. The predicted molar refractivity (Wildman–Crippen MR) is 117 cm³/mol. The average Bonchev–Trinajstić information content (AvgIpc) is 3.11. The van der Waals surface area contributed by atoms with Crippen LogP contribution in [0.25, 0.3) is 0 Å². The molecule has 30 heavy (non-hydrogen) atoms. The quantitative estimate of drug-likeness (QED) is 0.399. The zero-order chi connectivity index (χ0) is 21.7. The van der Waals surface area contributed by atoms with Gasteiger partial charge in [-0.25, -0.2) is 0 Å². The number of methoxy groups -OCH3 is 1. The molecule has 0 aliphatic rings. The van der Waals surface area contributed by atoms with Crippen LogP contribution in [-0.4, -0.2) is 39.3 Å². The lowest BCUT2D eigenvalue weighted by Crippen LogP contribution is -2.24. The first kappa shape index (κ1) is 22.1. The summed E-state index contributed by atoms with van der Waals surface area (Å²) in [4.78, 5) is 24.7. The number of Topliss-reactive ketones (excluding diaryl/α,β-unsaturated/α-hetero) is 1. The van der Waals surface area contributed by atoms with Crippen molar-refractivity contribution in [3.05, 3.63) is 69.5 Å². The Bertz CT molecular complexity index is 1070. The molecule has 1 N–H and O–H groups in total. The van der Waals surface area contributed by atoms with Gasteiger partial charge in [0.15, 0.2) is 16.8 Å². The van der Waals surface area contributed by atoms with E-state index in [2.05, 4.69) is 15.5 Å². The molecule has 1 amide bonds. The van der Waals surface area contributed by atoms with Crippen LogP contribution >= 0.6 is 35.0 Å². The van der Waals surface area contributed by atoms with Crippen molar-refractivity contribution in [2.24, 2.45) is 7.05 Å². The Labute approximate surface area is 187 Å². The molecule has 0 unspecified atom stereocenters. The van der Waals surface area contributed by atoms with Crippen molar-refractivity contribution in [3.8, 4) is 5.75 Å². The smallest absolute Gasteiger partial charge is 0.251 e. The Balaban J connectivity index is 1.56. The minimum absolute atomic E-state index is 0.0277. The molecule has 0 fully saturated rings. The molecule has 7 nitrogen and oxygen atoms in total. The zero-order valence-electron chi connectivity index (χ0n) is 16.2. The number of amides is 1. The Kier molecular flexibility index (Phi) is 7.36. The van der Waals surface area contributed by atoms with E-state index in [1.165, 1.54) is 17.8 Å². The third-order valence-corrected chi connectivity index (χ3v) is 6.02. The Morgan fingerprint density at radius 3 is 2.43 bits per heavy atom. The van der Waals surface area contributed by atoms with Gasteiger partial charge >= 0.3 is 0 Å². The molecule has 0 atom stereocenters. The van der Waals surface area contributed by atoms with E-state index in [-0.39, 0.29) is 24.0 Å². The molecule has 0 aliphatic heterocycles. The molecule has 1 aromatic heterocycles. The number of thioether (sulfide) groups is 1. The molecule has 0 bridgehead atoms. The Morgan fingerprint density at radius 2 is 1.77 bits per heavy atom. The van der Waals surface area contributed by atoms with Crippen LogP contribution < -0.4 is 10.1 Å². The number of hydrogen-bond donors (Lipinski definition) is 1. The number of aromatic nitrogens is 3. The normalized spacial score (nSPS) is 10.7. The van der Waals surface area contributed by atoms with Crippen LogP contribution in [0, 0.1) is 0 Å². The lowest BCUT2D eigenvalue weighted by Gasteiger charge is -2.07. The first-order valence-corrected chi connectivity index (χ1v) is 10.5. The van der Waals surface area contributed by atoms with Crippen LogP contribution in [0.15, 0.2) is 47.6 Å². The molecule has 10 heteroatoms. The fourth-order valence-corrected chi connectivity index (χ4v) is 3.64. The summed E-state index contributed by atoms with van der Waals surface area (Å²) < 4.78 is 6.83. The average molecular weight is 465 g/mol. The highest BCUT2D eigenvalue weighted by Gasteiger charge is 2.14. The minimum Gasteiger partial charge on any atom is -0.497 e. The van der Waals surface area contributed by atoms with E-state index in [4.69, 9.17) is 27.9 Å². The molecule has 2 aromatic carbocycles. The second kappa shape index (κ2) is 9.97. The van der Waals surface area contributed by atoms with Gasteiger partial charge in [-0.3, -0.25) is 9.59 Å². The number of hydrogen-bond acceptors (Lipinski definition) is 6. The molecular formula is C20H18Cl2N4O3S. The van der Waals surface area contributed by atoms with Crippen LogP contribution in [0.4, 0.5) is 0 Å². The van der Waals surface area contributed by atoms with Gasteiger partial charge in [-0.2, -0.15) is 0 Å². The van der Waals surface area contributed by atoms with Crippen molar-refractivity contribution in [3.63, 3.8) is 0 Å². The fraction of sp³-hybridized carbons (Fsp3) is 0.200. The molecule has 1 heterocycles. The second-order valence-corrected chi connectivity index (χ2v) is 7.97. The zero-order valence-corrected chi connectivity index (χ0v) is 18.5. The number of nitrogens with zero attached hydrogens (tertiary/aromatic N) is 3. The van der Waals surface area contributed by atoms with Crippen LogP contribution in [0.1, 0.15) is 26.5 Å². The molecule has 156 valence electrons. The van der Waals surface area contributed by atoms with E-state index in [1.807, 2.05) is 0 Å². The lowest BCUT2D eigenvalue weighted by molar-refractivity contribution is 0.0948. The fourth-order valence-electron chi connectivity index (χ4n) is 2.51. The molecule has 3 rings (SSSR count). The number of rotatable bonds is 8. The van der Waals surface area contributed by atoms with E-state index in [1.54, 1.807) is 55.1 Å². The molecule has 0 aliphatic carbocycles. The highest BCUT2D eigenvalue weighted by Crippen LogP contribution is 2.23. The molecule has 0 saturated carbocycles. The van der Waals surface area contributed by atoms with E-state index < -0.39 is 0 Å². The molecule has 0 radical (unpaired) electrons. The monoisotopic (exact) mass is 464 g/mol. The molecule has 3 aromatic rings. The van der Waals surface area contributed by atoms with Gasteiger partial charge in [0.1, 0.15) is 5.75 Å². The van der Waals surface area contributed by atoms with E-state index in [0.717, 1.165) is 0 Å². The van der Waals surface area contributed by atoms with Gasteiger partial charge in [-0.1, -0.05) is 35.0 Å². The maximum absolute atomic E-state index is 12.4. The summed E-state index contributed by atoms with van der Waals surface area (Å²) in [5.74, 6) is 1.14. The van der Waals surface area contributed by atoms with Crippen LogP contribution in [0.5, 0.6) is 5.75 Å². The van der Waals surface area contributed by atoms with E-state index >= 15 is 0 Å². The number of ketones is 1. The van der Waals surface area contributed by atoms with Gasteiger partial charge < -0.3 is 14.6 Å². The van der Waals surface area contributed by atoms with Gasteiger partial charge in [0.2, 0.25) is 0 Å². The summed E-state index contributed by atoms with van der Waals surface area (Å²) in [5, 5.41) is 12.2.